The first-order valence-corrected chi connectivity index (χ1v) is 2.25. The van der Waals surface area contributed by atoms with Gasteiger partial charge in [0.05, 0.1) is 0 Å². The second kappa shape index (κ2) is 2.64. The molecule has 0 aromatic carbocycles. The Kier molecular flexibility index (Phi) is 4.28. The van der Waals surface area contributed by atoms with Gasteiger partial charge >= 0.3 is 30.1 Å². The molecule has 0 saturated heterocycles. The molecular formula is H6GaNO3S. The van der Waals surface area contributed by atoms with Crippen LogP contribution < -0.4 is 5.14 Å². The van der Waals surface area contributed by atoms with E-state index in [4.69, 9.17) is 13.0 Å². The van der Waals surface area contributed by atoms with Gasteiger partial charge in [-0.05, 0) is 0 Å². The molecule has 0 aromatic rings. The molecular weight excluding hydrogens is 164 g/mol. The summed E-state index contributed by atoms with van der Waals surface area (Å²) in [5.74, 6) is 0. The minimum atomic E-state index is -4.17. The normalized spacial score (nSPS) is 9.67. The van der Waals surface area contributed by atoms with E-state index >= 15 is 0 Å². The van der Waals surface area contributed by atoms with Gasteiger partial charge < -0.3 is 0 Å². The summed E-state index contributed by atoms with van der Waals surface area (Å²) < 4.78 is 25.2. The average Bonchev–Trinajstić information content (AvgIpc) is 0.722. The van der Waals surface area contributed by atoms with Crippen molar-refractivity contribution in [1.82, 2.24) is 0 Å². The van der Waals surface area contributed by atoms with Gasteiger partial charge in [0.15, 0.2) is 0 Å². The molecule has 38 valence electrons. The van der Waals surface area contributed by atoms with Crippen LogP contribution in [0.25, 0.3) is 0 Å². The predicted molar refractivity (Wildman–Crippen MR) is 25.7 cm³/mol. The van der Waals surface area contributed by atoms with Gasteiger partial charge in [0.1, 0.15) is 0 Å². The van der Waals surface area contributed by atoms with E-state index < -0.39 is 10.3 Å². The quantitative estimate of drug-likeness (QED) is 0.313. The van der Waals surface area contributed by atoms with E-state index in [0.29, 0.717) is 0 Å². The third kappa shape index (κ3) is 216. The third-order valence-electron chi connectivity index (χ3n) is 0. The van der Waals surface area contributed by atoms with Crippen molar-refractivity contribution in [3.05, 3.63) is 0 Å². The summed E-state index contributed by atoms with van der Waals surface area (Å²) >= 11 is 0. The summed E-state index contributed by atoms with van der Waals surface area (Å²) in [5.41, 5.74) is 0. The standard InChI is InChI=1S/Ga.H3NO3S.3H/c;1-5(2,3)4;;;/h;(H3,1,2,3,4);;;. The topological polar surface area (TPSA) is 80.4 Å². The maximum absolute atomic E-state index is 8.97. The molecule has 4 nitrogen and oxygen atoms in total. The molecule has 3 N–H and O–H groups in total. The zero-order chi connectivity index (χ0) is 4.50. The molecule has 0 aliphatic heterocycles. The van der Waals surface area contributed by atoms with Crippen LogP contribution in [0.3, 0.4) is 0 Å². The number of nitrogens with two attached hydrogens (primary N) is 1. The molecule has 0 atom stereocenters. The minimum absolute atomic E-state index is 0. The molecule has 0 aliphatic carbocycles. The van der Waals surface area contributed by atoms with Crippen LogP contribution in [-0.4, -0.2) is 32.8 Å². The summed E-state index contributed by atoms with van der Waals surface area (Å²) in [5, 5.41) is 3.88. The molecule has 0 bridgehead atoms. The van der Waals surface area contributed by atoms with E-state index in [1.807, 2.05) is 0 Å². The van der Waals surface area contributed by atoms with E-state index in [1.165, 1.54) is 0 Å². The van der Waals surface area contributed by atoms with Crippen molar-refractivity contribution in [3.63, 3.8) is 0 Å². The molecule has 0 aromatic heterocycles. The summed E-state index contributed by atoms with van der Waals surface area (Å²) in [6.45, 7) is 0. The fraction of sp³-hybridized carbons (Fsp3) is 0. The number of hydrogen-bond donors (Lipinski definition) is 2. The molecule has 0 aliphatic rings. The van der Waals surface area contributed by atoms with Gasteiger partial charge in [0, 0.05) is 0 Å². The Hall–Kier alpha value is 0.506. The monoisotopic (exact) mass is 169 g/mol. The van der Waals surface area contributed by atoms with Crippen molar-refractivity contribution >= 4 is 30.1 Å². The SMILES string of the molecule is NS(=O)(=O)O.[GaH3]. The van der Waals surface area contributed by atoms with Crippen LogP contribution in [0.1, 0.15) is 0 Å². The Morgan fingerprint density at radius 3 is 1.50 bits per heavy atom. The van der Waals surface area contributed by atoms with Gasteiger partial charge in [-0.1, -0.05) is 0 Å². The first kappa shape index (κ1) is 9.71. The summed E-state index contributed by atoms with van der Waals surface area (Å²) in [7, 11) is -4.17. The van der Waals surface area contributed by atoms with E-state index in [9.17, 15) is 0 Å². The molecule has 0 spiro atoms. The fourth-order valence-electron chi connectivity index (χ4n) is 0. The van der Waals surface area contributed by atoms with E-state index in [2.05, 4.69) is 5.14 Å². The summed E-state index contributed by atoms with van der Waals surface area (Å²) in [4.78, 5) is 0. The fourth-order valence-corrected chi connectivity index (χ4v) is 0. The van der Waals surface area contributed by atoms with Gasteiger partial charge in [-0.25, -0.2) is 5.14 Å². The zero-order valence-corrected chi connectivity index (χ0v) is 3.07. The van der Waals surface area contributed by atoms with Gasteiger partial charge in [-0.3, -0.25) is 4.55 Å². The van der Waals surface area contributed by atoms with Crippen molar-refractivity contribution in [2.24, 2.45) is 5.14 Å². The molecule has 6 heteroatoms. The summed E-state index contributed by atoms with van der Waals surface area (Å²) in [6, 6.07) is 0. The van der Waals surface area contributed by atoms with Crippen LogP contribution in [0.4, 0.5) is 0 Å². The van der Waals surface area contributed by atoms with Crippen molar-refractivity contribution in [3.8, 4) is 0 Å². The van der Waals surface area contributed by atoms with Crippen molar-refractivity contribution in [2.75, 3.05) is 0 Å². The molecule has 0 saturated carbocycles. The third-order valence-corrected chi connectivity index (χ3v) is 0. The Morgan fingerprint density at radius 2 is 1.50 bits per heavy atom. The number of rotatable bonds is 0. The molecule has 0 amide bonds. The van der Waals surface area contributed by atoms with Crippen molar-refractivity contribution in [1.29, 1.82) is 0 Å². The van der Waals surface area contributed by atoms with Crippen LogP contribution in [0.2, 0.25) is 0 Å². The van der Waals surface area contributed by atoms with Gasteiger partial charge in [-0.15, -0.1) is 0 Å². The predicted octanol–water partition coefficient (Wildman–Crippen LogP) is -2.44. The first-order chi connectivity index (χ1) is 2.00. The second-order valence-corrected chi connectivity index (χ2v) is 1.54. The molecule has 0 radical (unpaired) electrons. The van der Waals surface area contributed by atoms with Gasteiger partial charge in [0.25, 0.3) is 0 Å². The van der Waals surface area contributed by atoms with Crippen LogP contribution in [0.15, 0.2) is 0 Å². The molecule has 0 heterocycles. The van der Waals surface area contributed by atoms with Crippen molar-refractivity contribution < 1.29 is 13.0 Å². The molecule has 0 rings (SSSR count). The molecule has 0 fully saturated rings. The number of hydrogen-bond acceptors (Lipinski definition) is 2. The molecule has 6 heavy (non-hydrogen) atoms. The van der Waals surface area contributed by atoms with E-state index in [0.717, 1.165) is 0 Å². The maximum atomic E-state index is 8.97. The van der Waals surface area contributed by atoms with Crippen LogP contribution in [0.5, 0.6) is 0 Å². The van der Waals surface area contributed by atoms with Crippen LogP contribution in [-0.2, 0) is 10.3 Å². The Bertz CT molecular complexity index is 94.0. The van der Waals surface area contributed by atoms with E-state index in [1.54, 1.807) is 0 Å². The molecule has 0 unspecified atom stereocenters. The average molecular weight is 170 g/mol. The Labute approximate surface area is 48.7 Å². The summed E-state index contributed by atoms with van der Waals surface area (Å²) in [6.07, 6.45) is 0. The Morgan fingerprint density at radius 1 is 1.50 bits per heavy atom. The van der Waals surface area contributed by atoms with Crippen molar-refractivity contribution in [2.45, 2.75) is 0 Å². The Balaban J connectivity index is 0. The van der Waals surface area contributed by atoms with Crippen LogP contribution in [0, 0.1) is 0 Å². The van der Waals surface area contributed by atoms with E-state index in [-0.39, 0.29) is 19.8 Å². The van der Waals surface area contributed by atoms with Gasteiger partial charge in [0.2, 0.25) is 0 Å². The van der Waals surface area contributed by atoms with Crippen LogP contribution >= 0.6 is 0 Å². The first-order valence-electron chi connectivity index (χ1n) is 0.752. The second-order valence-electron chi connectivity index (χ2n) is 0.515. The van der Waals surface area contributed by atoms with Gasteiger partial charge in [-0.2, -0.15) is 8.42 Å². The zero-order valence-electron chi connectivity index (χ0n) is 2.25.